The van der Waals surface area contributed by atoms with Gasteiger partial charge >= 0.3 is 5.97 Å². The SMILES string of the molecule is C=CCOC(=O)C(O)OC1CCCCC1. The zero-order chi connectivity index (χ0) is 11.1. The van der Waals surface area contributed by atoms with E-state index in [1.54, 1.807) is 0 Å². The van der Waals surface area contributed by atoms with Gasteiger partial charge in [-0.05, 0) is 12.8 Å². The molecule has 1 saturated carbocycles. The highest BCUT2D eigenvalue weighted by atomic mass is 16.7. The number of carbonyl (C=O) groups excluding carboxylic acids is 1. The van der Waals surface area contributed by atoms with Gasteiger partial charge in [-0.15, -0.1) is 0 Å². The average molecular weight is 214 g/mol. The van der Waals surface area contributed by atoms with Crippen molar-refractivity contribution in [1.29, 1.82) is 0 Å². The van der Waals surface area contributed by atoms with Crippen molar-refractivity contribution in [2.24, 2.45) is 0 Å². The van der Waals surface area contributed by atoms with Crippen LogP contribution in [0.3, 0.4) is 0 Å². The van der Waals surface area contributed by atoms with E-state index in [0.717, 1.165) is 25.7 Å². The summed E-state index contributed by atoms with van der Waals surface area (Å²) in [5.41, 5.74) is 0. The van der Waals surface area contributed by atoms with Crippen LogP contribution < -0.4 is 0 Å². The van der Waals surface area contributed by atoms with E-state index in [1.165, 1.54) is 12.5 Å². The number of aliphatic hydroxyl groups is 1. The molecule has 0 heterocycles. The summed E-state index contributed by atoms with van der Waals surface area (Å²) in [4.78, 5) is 11.1. The Labute approximate surface area is 89.9 Å². The van der Waals surface area contributed by atoms with Crippen LogP contribution in [0.2, 0.25) is 0 Å². The molecule has 4 nitrogen and oxygen atoms in total. The largest absolute Gasteiger partial charge is 0.458 e. The van der Waals surface area contributed by atoms with Crippen molar-refractivity contribution < 1.29 is 19.4 Å². The first kappa shape index (κ1) is 12.2. The van der Waals surface area contributed by atoms with E-state index in [1.807, 2.05) is 0 Å². The minimum absolute atomic E-state index is 0.00923. The maximum Gasteiger partial charge on any atom is 0.363 e. The zero-order valence-corrected chi connectivity index (χ0v) is 8.85. The summed E-state index contributed by atoms with van der Waals surface area (Å²) in [5, 5.41) is 9.37. The highest BCUT2D eigenvalue weighted by Crippen LogP contribution is 2.21. The third kappa shape index (κ3) is 4.44. The molecule has 0 radical (unpaired) electrons. The van der Waals surface area contributed by atoms with E-state index in [2.05, 4.69) is 11.3 Å². The standard InChI is InChI=1S/C11H18O4/c1-2-8-14-10(12)11(13)15-9-6-4-3-5-7-9/h2,9,11,13H,1,3-8H2. The number of carbonyl (C=O) groups is 1. The van der Waals surface area contributed by atoms with Crippen LogP contribution in [0.5, 0.6) is 0 Å². The molecule has 0 spiro atoms. The molecule has 86 valence electrons. The maximum atomic E-state index is 11.1. The quantitative estimate of drug-likeness (QED) is 0.427. The predicted octanol–water partition coefficient (Wildman–Crippen LogP) is 1.38. The molecule has 1 unspecified atom stereocenters. The van der Waals surface area contributed by atoms with E-state index in [9.17, 15) is 9.90 Å². The zero-order valence-electron chi connectivity index (χ0n) is 8.85. The Morgan fingerprint density at radius 2 is 2.13 bits per heavy atom. The molecule has 1 aliphatic rings. The number of hydrogen-bond acceptors (Lipinski definition) is 4. The fourth-order valence-electron chi connectivity index (χ4n) is 1.65. The Hall–Kier alpha value is -0.870. The molecular weight excluding hydrogens is 196 g/mol. The molecular formula is C11H18O4. The molecule has 1 atom stereocenters. The Balaban J connectivity index is 2.23. The third-order valence-corrected chi connectivity index (χ3v) is 2.42. The number of ether oxygens (including phenoxy) is 2. The number of hydrogen-bond donors (Lipinski definition) is 1. The van der Waals surface area contributed by atoms with E-state index in [-0.39, 0.29) is 12.7 Å². The minimum atomic E-state index is -1.45. The fraction of sp³-hybridized carbons (Fsp3) is 0.727. The molecule has 1 rings (SSSR count). The van der Waals surface area contributed by atoms with Crippen molar-refractivity contribution in [3.8, 4) is 0 Å². The van der Waals surface area contributed by atoms with Gasteiger partial charge in [0.05, 0.1) is 6.10 Å². The van der Waals surface area contributed by atoms with Crippen molar-refractivity contribution >= 4 is 5.97 Å². The molecule has 0 amide bonds. The summed E-state index contributed by atoms with van der Waals surface area (Å²) in [5.74, 6) is -0.736. The highest BCUT2D eigenvalue weighted by Gasteiger charge is 2.23. The lowest BCUT2D eigenvalue weighted by Crippen LogP contribution is -2.31. The van der Waals surface area contributed by atoms with Crippen LogP contribution in [-0.2, 0) is 14.3 Å². The minimum Gasteiger partial charge on any atom is -0.458 e. The van der Waals surface area contributed by atoms with Gasteiger partial charge in [-0.2, -0.15) is 0 Å². The first-order valence-corrected chi connectivity index (χ1v) is 5.35. The molecule has 0 aromatic carbocycles. The summed E-state index contributed by atoms with van der Waals surface area (Å²) < 4.78 is 9.86. The maximum absolute atomic E-state index is 11.1. The summed E-state index contributed by atoms with van der Waals surface area (Å²) >= 11 is 0. The van der Waals surface area contributed by atoms with Crippen molar-refractivity contribution in [3.05, 3.63) is 12.7 Å². The fourth-order valence-corrected chi connectivity index (χ4v) is 1.65. The number of aliphatic hydroxyl groups excluding tert-OH is 1. The first-order valence-electron chi connectivity index (χ1n) is 5.35. The van der Waals surface area contributed by atoms with Gasteiger partial charge in [0.25, 0.3) is 6.29 Å². The lowest BCUT2D eigenvalue weighted by atomic mass is 9.98. The van der Waals surface area contributed by atoms with Gasteiger partial charge in [-0.1, -0.05) is 31.9 Å². The second-order valence-corrected chi connectivity index (χ2v) is 3.67. The lowest BCUT2D eigenvalue weighted by molar-refractivity contribution is -0.193. The number of rotatable bonds is 5. The Kier molecular flexibility index (Phi) is 5.36. The van der Waals surface area contributed by atoms with Crippen LogP contribution >= 0.6 is 0 Å². The molecule has 1 aliphatic carbocycles. The van der Waals surface area contributed by atoms with Gasteiger partial charge in [0.15, 0.2) is 0 Å². The smallest absolute Gasteiger partial charge is 0.363 e. The first-order chi connectivity index (χ1) is 7.24. The monoisotopic (exact) mass is 214 g/mol. The summed E-state index contributed by atoms with van der Waals surface area (Å²) in [6.07, 6.45) is 5.20. The highest BCUT2D eigenvalue weighted by molar-refractivity contribution is 5.72. The Morgan fingerprint density at radius 3 is 2.73 bits per heavy atom. The van der Waals surface area contributed by atoms with E-state index >= 15 is 0 Å². The van der Waals surface area contributed by atoms with Crippen molar-refractivity contribution in [1.82, 2.24) is 0 Å². The molecule has 1 fully saturated rings. The molecule has 4 heteroatoms. The molecule has 0 saturated heterocycles. The molecule has 1 N–H and O–H groups in total. The molecule has 15 heavy (non-hydrogen) atoms. The van der Waals surface area contributed by atoms with Crippen molar-refractivity contribution in [2.75, 3.05) is 6.61 Å². The van der Waals surface area contributed by atoms with Gasteiger partial charge in [0, 0.05) is 0 Å². The van der Waals surface area contributed by atoms with Crippen LogP contribution in [0.4, 0.5) is 0 Å². The van der Waals surface area contributed by atoms with E-state index in [4.69, 9.17) is 4.74 Å². The van der Waals surface area contributed by atoms with Crippen molar-refractivity contribution in [3.63, 3.8) is 0 Å². The van der Waals surface area contributed by atoms with Gasteiger partial charge in [0.1, 0.15) is 6.61 Å². The van der Waals surface area contributed by atoms with Gasteiger partial charge in [-0.25, -0.2) is 4.79 Å². The second kappa shape index (κ2) is 6.58. The average Bonchev–Trinajstić information content (AvgIpc) is 2.27. The lowest BCUT2D eigenvalue weighted by Gasteiger charge is -2.23. The second-order valence-electron chi connectivity index (χ2n) is 3.67. The normalized spacial score (nSPS) is 19.5. The van der Waals surface area contributed by atoms with Crippen molar-refractivity contribution in [2.45, 2.75) is 44.5 Å². The van der Waals surface area contributed by atoms with Gasteiger partial charge in [-0.3, -0.25) is 0 Å². The van der Waals surface area contributed by atoms with E-state index < -0.39 is 12.3 Å². The Bertz CT molecular complexity index is 209. The third-order valence-electron chi connectivity index (χ3n) is 2.42. The Morgan fingerprint density at radius 1 is 1.47 bits per heavy atom. The van der Waals surface area contributed by atoms with Gasteiger partial charge < -0.3 is 14.6 Å². The molecule has 0 aromatic rings. The van der Waals surface area contributed by atoms with Crippen LogP contribution in [-0.4, -0.2) is 30.1 Å². The van der Waals surface area contributed by atoms with Crippen LogP contribution in [0.1, 0.15) is 32.1 Å². The molecule has 0 aromatic heterocycles. The number of esters is 1. The topological polar surface area (TPSA) is 55.8 Å². The summed E-state index contributed by atoms with van der Waals surface area (Å²) in [6.45, 7) is 3.51. The molecule has 0 bridgehead atoms. The van der Waals surface area contributed by atoms with Gasteiger partial charge in [0.2, 0.25) is 0 Å². The molecule has 0 aliphatic heterocycles. The summed E-state index contributed by atoms with van der Waals surface area (Å²) in [6, 6.07) is 0. The summed E-state index contributed by atoms with van der Waals surface area (Å²) in [7, 11) is 0. The predicted molar refractivity (Wildman–Crippen MR) is 55.1 cm³/mol. The van der Waals surface area contributed by atoms with E-state index in [0.29, 0.717) is 0 Å². The van der Waals surface area contributed by atoms with Crippen LogP contribution in [0.25, 0.3) is 0 Å². The van der Waals surface area contributed by atoms with Crippen LogP contribution in [0.15, 0.2) is 12.7 Å². The van der Waals surface area contributed by atoms with Crippen LogP contribution in [0, 0.1) is 0 Å².